The van der Waals surface area contributed by atoms with E-state index in [0.29, 0.717) is 33.8 Å². The van der Waals surface area contributed by atoms with Gasteiger partial charge in [-0.05, 0) is 49.1 Å². The first kappa shape index (κ1) is 17.5. The molecule has 3 aromatic rings. The van der Waals surface area contributed by atoms with Crippen molar-refractivity contribution in [1.29, 1.82) is 0 Å². The number of hydrogen-bond donors (Lipinski definition) is 2. The number of benzene rings is 2. The summed E-state index contributed by atoms with van der Waals surface area (Å²) in [4.78, 5) is 9.12. The van der Waals surface area contributed by atoms with Crippen LogP contribution in [0, 0.1) is 17.6 Å². The molecule has 1 aliphatic heterocycles. The van der Waals surface area contributed by atoms with E-state index >= 15 is 0 Å². The lowest BCUT2D eigenvalue weighted by Gasteiger charge is -2.33. The molecule has 2 heterocycles. The Bertz CT molecular complexity index is 1010. The van der Waals surface area contributed by atoms with Crippen molar-refractivity contribution < 1.29 is 13.9 Å². The molecule has 0 spiro atoms. The van der Waals surface area contributed by atoms with Crippen LogP contribution in [-0.4, -0.2) is 29.4 Å². The van der Waals surface area contributed by atoms with E-state index in [2.05, 4.69) is 21.8 Å². The molecule has 1 aromatic heterocycles. The van der Waals surface area contributed by atoms with Gasteiger partial charge in [0, 0.05) is 36.3 Å². The van der Waals surface area contributed by atoms with Crippen molar-refractivity contribution in [2.24, 2.45) is 10.9 Å². The summed E-state index contributed by atoms with van der Waals surface area (Å²) < 4.78 is 28.1. The lowest BCUT2D eigenvalue weighted by Crippen LogP contribution is -2.34. The van der Waals surface area contributed by atoms with Crippen LogP contribution in [-0.2, 0) is 0 Å². The highest BCUT2D eigenvalue weighted by atomic mass is 19.1. The van der Waals surface area contributed by atoms with Crippen LogP contribution in [0.5, 0.6) is 5.88 Å². The van der Waals surface area contributed by atoms with Crippen molar-refractivity contribution >= 4 is 28.5 Å². The van der Waals surface area contributed by atoms with Gasteiger partial charge in [-0.3, -0.25) is 4.99 Å². The van der Waals surface area contributed by atoms with Gasteiger partial charge in [-0.1, -0.05) is 6.92 Å². The highest BCUT2D eigenvalue weighted by molar-refractivity contribution is 6.02. The largest absolute Gasteiger partial charge is 0.494 e. The maximum atomic E-state index is 14.6. The van der Waals surface area contributed by atoms with Gasteiger partial charge in [0.1, 0.15) is 11.6 Å². The predicted octanol–water partition coefficient (Wildman–Crippen LogP) is 5.14. The molecule has 0 bridgehead atoms. The summed E-state index contributed by atoms with van der Waals surface area (Å²) in [5.74, 6) is -0.255. The lowest BCUT2D eigenvalue weighted by atomic mass is 9.99. The number of anilines is 1. The molecule has 4 nitrogen and oxygen atoms in total. The standard InChI is InChI=1S/C21H21F2N3O/c1-13-3-2-8-26(12-13)20-7-5-15(10-18(20)23)24-11-17-16-9-14(22)4-6-19(16)25-21(17)27/h4-7,9-11,13,25,27H,2-3,8,12H2,1H3. The summed E-state index contributed by atoms with van der Waals surface area (Å²) >= 11 is 0. The Labute approximate surface area is 156 Å². The lowest BCUT2D eigenvalue weighted by molar-refractivity contribution is 0.442. The SMILES string of the molecule is CC1CCCN(c2ccc(N=Cc3c(O)[nH]c4ccc(F)cc34)cc2F)C1. The Morgan fingerprint density at radius 2 is 2.07 bits per heavy atom. The second-order valence-corrected chi connectivity index (χ2v) is 7.16. The van der Waals surface area contributed by atoms with Crippen LogP contribution in [0.2, 0.25) is 0 Å². The molecule has 2 aromatic carbocycles. The molecule has 0 radical (unpaired) electrons. The quantitative estimate of drug-likeness (QED) is 0.628. The van der Waals surface area contributed by atoms with Gasteiger partial charge in [0.15, 0.2) is 5.88 Å². The Hall–Kier alpha value is -2.89. The van der Waals surface area contributed by atoms with Crippen LogP contribution in [0.1, 0.15) is 25.3 Å². The number of halogens is 2. The Morgan fingerprint density at radius 3 is 2.85 bits per heavy atom. The molecular weight excluding hydrogens is 348 g/mol. The minimum Gasteiger partial charge on any atom is -0.494 e. The normalized spacial score (nSPS) is 17.9. The third-order valence-corrected chi connectivity index (χ3v) is 5.05. The molecule has 140 valence electrons. The number of piperidine rings is 1. The number of aromatic hydroxyl groups is 1. The smallest absolute Gasteiger partial charge is 0.198 e. The number of aliphatic imine (C=N–C) groups is 1. The van der Waals surface area contributed by atoms with Crippen LogP contribution < -0.4 is 4.90 Å². The second-order valence-electron chi connectivity index (χ2n) is 7.16. The van der Waals surface area contributed by atoms with E-state index < -0.39 is 5.82 Å². The number of nitrogens with one attached hydrogen (secondary N) is 1. The summed E-state index contributed by atoms with van der Waals surface area (Å²) in [6.07, 6.45) is 3.66. The minimum absolute atomic E-state index is 0.0984. The zero-order chi connectivity index (χ0) is 19.0. The van der Waals surface area contributed by atoms with Crippen molar-refractivity contribution in [3.8, 4) is 5.88 Å². The van der Waals surface area contributed by atoms with E-state index in [9.17, 15) is 13.9 Å². The first-order valence-corrected chi connectivity index (χ1v) is 9.10. The number of nitrogens with zero attached hydrogens (tertiary/aromatic N) is 2. The van der Waals surface area contributed by atoms with E-state index in [1.54, 1.807) is 18.2 Å². The molecule has 0 amide bonds. The molecule has 2 N–H and O–H groups in total. The summed E-state index contributed by atoms with van der Waals surface area (Å²) in [7, 11) is 0. The highest BCUT2D eigenvalue weighted by Gasteiger charge is 2.19. The number of aromatic amines is 1. The molecular formula is C21H21F2N3O. The molecule has 0 saturated carbocycles. The third kappa shape index (κ3) is 3.52. The van der Waals surface area contributed by atoms with Gasteiger partial charge in [-0.2, -0.15) is 0 Å². The summed E-state index contributed by atoms with van der Waals surface area (Å²) in [5.41, 5.74) is 2.01. The van der Waals surface area contributed by atoms with Gasteiger partial charge >= 0.3 is 0 Å². The van der Waals surface area contributed by atoms with Crippen LogP contribution in [0.25, 0.3) is 10.9 Å². The number of rotatable bonds is 3. The van der Waals surface area contributed by atoms with E-state index in [1.165, 1.54) is 30.8 Å². The topological polar surface area (TPSA) is 51.6 Å². The summed E-state index contributed by atoms with van der Waals surface area (Å²) in [5, 5.41) is 10.6. The molecule has 0 aliphatic carbocycles. The zero-order valence-electron chi connectivity index (χ0n) is 15.0. The number of aromatic nitrogens is 1. The van der Waals surface area contributed by atoms with Crippen molar-refractivity contribution in [2.45, 2.75) is 19.8 Å². The second kappa shape index (κ2) is 7.02. The van der Waals surface area contributed by atoms with Crippen molar-refractivity contribution in [2.75, 3.05) is 18.0 Å². The van der Waals surface area contributed by atoms with E-state index in [-0.39, 0.29) is 11.7 Å². The van der Waals surface area contributed by atoms with Crippen LogP contribution in [0.15, 0.2) is 41.4 Å². The molecule has 1 aliphatic rings. The Kier molecular flexibility index (Phi) is 4.56. The van der Waals surface area contributed by atoms with Crippen molar-refractivity contribution in [1.82, 2.24) is 4.98 Å². The Morgan fingerprint density at radius 1 is 1.22 bits per heavy atom. The van der Waals surface area contributed by atoms with E-state index in [4.69, 9.17) is 0 Å². The maximum absolute atomic E-state index is 14.6. The van der Waals surface area contributed by atoms with Gasteiger partial charge < -0.3 is 15.0 Å². The van der Waals surface area contributed by atoms with Crippen LogP contribution in [0.3, 0.4) is 0 Å². The molecule has 1 fully saturated rings. The number of hydrogen-bond acceptors (Lipinski definition) is 3. The Balaban J connectivity index is 1.61. The van der Waals surface area contributed by atoms with Gasteiger partial charge in [0.05, 0.1) is 16.9 Å². The van der Waals surface area contributed by atoms with Gasteiger partial charge in [0.25, 0.3) is 0 Å². The average Bonchev–Trinajstić information content (AvgIpc) is 2.94. The molecule has 6 heteroatoms. The summed E-state index contributed by atoms with van der Waals surface area (Å²) in [6, 6.07) is 9.08. The minimum atomic E-state index is -0.401. The monoisotopic (exact) mass is 369 g/mol. The molecule has 27 heavy (non-hydrogen) atoms. The van der Waals surface area contributed by atoms with Gasteiger partial charge in [0.2, 0.25) is 0 Å². The molecule has 1 saturated heterocycles. The first-order valence-electron chi connectivity index (χ1n) is 9.10. The van der Waals surface area contributed by atoms with Crippen LogP contribution in [0.4, 0.5) is 20.2 Å². The third-order valence-electron chi connectivity index (χ3n) is 5.05. The van der Waals surface area contributed by atoms with Crippen LogP contribution >= 0.6 is 0 Å². The number of H-pyrrole nitrogens is 1. The fraction of sp³-hybridized carbons (Fsp3) is 0.286. The predicted molar refractivity (Wildman–Crippen MR) is 104 cm³/mol. The average molecular weight is 369 g/mol. The van der Waals surface area contributed by atoms with Crippen molar-refractivity contribution in [3.05, 3.63) is 53.6 Å². The highest BCUT2D eigenvalue weighted by Crippen LogP contribution is 2.30. The first-order chi connectivity index (χ1) is 13.0. The van der Waals surface area contributed by atoms with Crippen molar-refractivity contribution in [3.63, 3.8) is 0 Å². The van der Waals surface area contributed by atoms with Gasteiger partial charge in [-0.25, -0.2) is 8.78 Å². The summed E-state index contributed by atoms with van der Waals surface area (Å²) in [6.45, 7) is 3.90. The van der Waals surface area contributed by atoms with Gasteiger partial charge in [-0.15, -0.1) is 0 Å². The molecule has 4 rings (SSSR count). The molecule has 1 unspecified atom stereocenters. The van der Waals surface area contributed by atoms with E-state index in [1.807, 2.05) is 0 Å². The van der Waals surface area contributed by atoms with E-state index in [0.717, 1.165) is 19.5 Å². The fourth-order valence-electron chi connectivity index (χ4n) is 3.68. The zero-order valence-corrected chi connectivity index (χ0v) is 15.0. The molecule has 1 atom stereocenters. The fourth-order valence-corrected chi connectivity index (χ4v) is 3.68. The maximum Gasteiger partial charge on any atom is 0.198 e. The number of fused-ring (bicyclic) bond motifs is 1.